The highest BCUT2D eigenvalue weighted by molar-refractivity contribution is 5.83. The highest BCUT2D eigenvalue weighted by atomic mass is 16.5. The number of carbonyl (C=O) groups is 1. The molecule has 0 spiro atoms. The van der Waals surface area contributed by atoms with Gasteiger partial charge < -0.3 is 16.2 Å². The summed E-state index contributed by atoms with van der Waals surface area (Å²) in [6.07, 6.45) is 2.16. The molecule has 1 aromatic carbocycles. The van der Waals surface area contributed by atoms with Crippen LogP contribution in [0.15, 0.2) is 24.3 Å². The van der Waals surface area contributed by atoms with Gasteiger partial charge >= 0.3 is 0 Å². The molecule has 1 unspecified atom stereocenters. The van der Waals surface area contributed by atoms with Crippen LogP contribution in [0, 0.1) is 0 Å². The maximum atomic E-state index is 11.0. The SMILES string of the molecule is CCc1ccccc1OCCCC(C)(N)C(N)=O. The lowest BCUT2D eigenvalue weighted by molar-refractivity contribution is -0.122. The summed E-state index contributed by atoms with van der Waals surface area (Å²) in [7, 11) is 0. The minimum Gasteiger partial charge on any atom is -0.493 e. The van der Waals surface area contributed by atoms with Crippen LogP contribution in [0.1, 0.15) is 32.3 Å². The predicted molar refractivity (Wildman–Crippen MR) is 72.3 cm³/mol. The number of aryl methyl sites for hydroxylation is 1. The third kappa shape index (κ3) is 4.04. The molecule has 100 valence electrons. The first-order valence-electron chi connectivity index (χ1n) is 6.27. The zero-order chi connectivity index (χ0) is 13.6. The summed E-state index contributed by atoms with van der Waals surface area (Å²) in [5.74, 6) is 0.425. The van der Waals surface area contributed by atoms with E-state index in [-0.39, 0.29) is 0 Å². The predicted octanol–water partition coefficient (Wildman–Crippen LogP) is 1.61. The lowest BCUT2D eigenvalue weighted by Gasteiger charge is -2.20. The number of ether oxygens (including phenoxy) is 1. The maximum Gasteiger partial charge on any atom is 0.237 e. The zero-order valence-corrected chi connectivity index (χ0v) is 11.1. The molecule has 4 nitrogen and oxygen atoms in total. The standard InChI is InChI=1S/C14H22N2O2/c1-3-11-7-4-5-8-12(11)18-10-6-9-14(2,16)13(15)17/h4-5,7-8H,3,6,9-10,16H2,1-2H3,(H2,15,17). The molecule has 0 saturated heterocycles. The molecule has 0 aromatic heterocycles. The summed E-state index contributed by atoms with van der Waals surface area (Å²) in [4.78, 5) is 11.0. The Kier molecular flexibility index (Phi) is 5.16. The zero-order valence-electron chi connectivity index (χ0n) is 11.1. The number of nitrogens with two attached hydrogens (primary N) is 2. The molecule has 0 radical (unpaired) electrons. The lowest BCUT2D eigenvalue weighted by Crippen LogP contribution is -2.49. The number of primary amides is 1. The van der Waals surface area contributed by atoms with E-state index in [0.29, 0.717) is 19.4 Å². The van der Waals surface area contributed by atoms with Crippen molar-refractivity contribution in [2.24, 2.45) is 11.5 Å². The molecular weight excluding hydrogens is 228 g/mol. The van der Waals surface area contributed by atoms with Crippen molar-refractivity contribution in [2.75, 3.05) is 6.61 Å². The van der Waals surface area contributed by atoms with E-state index in [1.165, 1.54) is 5.56 Å². The van der Waals surface area contributed by atoms with E-state index in [1.807, 2.05) is 24.3 Å². The quantitative estimate of drug-likeness (QED) is 0.722. The van der Waals surface area contributed by atoms with Crippen LogP contribution in [0.25, 0.3) is 0 Å². The van der Waals surface area contributed by atoms with E-state index in [9.17, 15) is 4.79 Å². The average molecular weight is 250 g/mol. The molecule has 0 saturated carbocycles. The van der Waals surface area contributed by atoms with Gasteiger partial charge in [-0.2, -0.15) is 0 Å². The molecule has 4 N–H and O–H groups in total. The average Bonchev–Trinajstić information content (AvgIpc) is 2.35. The molecule has 4 heteroatoms. The van der Waals surface area contributed by atoms with Gasteiger partial charge in [-0.1, -0.05) is 25.1 Å². The molecule has 0 fully saturated rings. The fraction of sp³-hybridized carbons (Fsp3) is 0.500. The van der Waals surface area contributed by atoms with Gasteiger partial charge in [0.25, 0.3) is 0 Å². The van der Waals surface area contributed by atoms with Gasteiger partial charge in [0.15, 0.2) is 0 Å². The molecule has 0 aliphatic heterocycles. The summed E-state index contributed by atoms with van der Waals surface area (Å²) in [6.45, 7) is 4.28. The number of benzene rings is 1. The Morgan fingerprint density at radius 3 is 2.67 bits per heavy atom. The second-order valence-corrected chi connectivity index (χ2v) is 4.70. The second kappa shape index (κ2) is 6.40. The third-order valence-corrected chi connectivity index (χ3v) is 3.01. The lowest BCUT2D eigenvalue weighted by atomic mass is 9.97. The van der Waals surface area contributed by atoms with Crippen molar-refractivity contribution in [3.8, 4) is 5.75 Å². The monoisotopic (exact) mass is 250 g/mol. The Morgan fingerprint density at radius 1 is 1.39 bits per heavy atom. The number of para-hydroxylation sites is 1. The third-order valence-electron chi connectivity index (χ3n) is 3.01. The Balaban J connectivity index is 2.41. The molecule has 1 atom stereocenters. The van der Waals surface area contributed by atoms with Crippen LogP contribution in [0.2, 0.25) is 0 Å². The summed E-state index contributed by atoms with van der Waals surface area (Å²) in [6, 6.07) is 7.95. The van der Waals surface area contributed by atoms with Gasteiger partial charge in [-0.25, -0.2) is 0 Å². The first kappa shape index (κ1) is 14.5. The smallest absolute Gasteiger partial charge is 0.237 e. The van der Waals surface area contributed by atoms with E-state index < -0.39 is 11.4 Å². The highest BCUT2D eigenvalue weighted by Gasteiger charge is 2.24. The van der Waals surface area contributed by atoms with E-state index in [2.05, 4.69) is 6.92 Å². The summed E-state index contributed by atoms with van der Waals surface area (Å²) in [5.41, 5.74) is 11.2. The highest BCUT2D eigenvalue weighted by Crippen LogP contribution is 2.19. The Morgan fingerprint density at radius 2 is 2.06 bits per heavy atom. The first-order valence-corrected chi connectivity index (χ1v) is 6.27. The van der Waals surface area contributed by atoms with Gasteiger partial charge in [0.2, 0.25) is 5.91 Å². The van der Waals surface area contributed by atoms with E-state index in [0.717, 1.165) is 12.2 Å². The van der Waals surface area contributed by atoms with Crippen molar-refractivity contribution in [1.29, 1.82) is 0 Å². The minimum absolute atomic E-state index is 0.476. The Hall–Kier alpha value is -1.55. The van der Waals surface area contributed by atoms with Crippen molar-refractivity contribution in [2.45, 2.75) is 38.6 Å². The van der Waals surface area contributed by atoms with Gasteiger partial charge in [-0.05, 0) is 37.8 Å². The van der Waals surface area contributed by atoms with Crippen LogP contribution < -0.4 is 16.2 Å². The molecule has 0 aliphatic rings. The van der Waals surface area contributed by atoms with Crippen LogP contribution in [0.3, 0.4) is 0 Å². The molecule has 1 rings (SSSR count). The Bertz CT molecular complexity index is 403. The van der Waals surface area contributed by atoms with E-state index >= 15 is 0 Å². The van der Waals surface area contributed by atoms with Gasteiger partial charge in [-0.3, -0.25) is 4.79 Å². The number of rotatable bonds is 7. The number of hydrogen-bond acceptors (Lipinski definition) is 3. The molecule has 1 amide bonds. The summed E-state index contributed by atoms with van der Waals surface area (Å²) < 4.78 is 5.70. The minimum atomic E-state index is -0.951. The fourth-order valence-corrected chi connectivity index (χ4v) is 1.68. The molecule has 1 aromatic rings. The van der Waals surface area contributed by atoms with Crippen molar-refractivity contribution in [1.82, 2.24) is 0 Å². The summed E-state index contributed by atoms with van der Waals surface area (Å²) >= 11 is 0. The number of amides is 1. The molecule has 0 aliphatic carbocycles. The van der Waals surface area contributed by atoms with Crippen molar-refractivity contribution >= 4 is 5.91 Å². The van der Waals surface area contributed by atoms with Crippen LogP contribution in [0.4, 0.5) is 0 Å². The van der Waals surface area contributed by atoms with Crippen LogP contribution in [-0.2, 0) is 11.2 Å². The molecule has 18 heavy (non-hydrogen) atoms. The van der Waals surface area contributed by atoms with Crippen molar-refractivity contribution < 1.29 is 9.53 Å². The normalized spacial score (nSPS) is 13.9. The van der Waals surface area contributed by atoms with Gasteiger partial charge in [0.1, 0.15) is 5.75 Å². The molecular formula is C14H22N2O2. The largest absolute Gasteiger partial charge is 0.493 e. The van der Waals surface area contributed by atoms with Crippen LogP contribution in [0.5, 0.6) is 5.75 Å². The number of hydrogen-bond donors (Lipinski definition) is 2. The van der Waals surface area contributed by atoms with Gasteiger partial charge in [0, 0.05) is 0 Å². The topological polar surface area (TPSA) is 78.3 Å². The van der Waals surface area contributed by atoms with Gasteiger partial charge in [-0.15, -0.1) is 0 Å². The number of carbonyl (C=O) groups excluding carboxylic acids is 1. The molecule has 0 bridgehead atoms. The Labute approximate surface area is 108 Å². The van der Waals surface area contributed by atoms with E-state index in [1.54, 1.807) is 6.92 Å². The van der Waals surface area contributed by atoms with Crippen molar-refractivity contribution in [3.63, 3.8) is 0 Å². The van der Waals surface area contributed by atoms with Gasteiger partial charge in [0.05, 0.1) is 12.1 Å². The first-order chi connectivity index (χ1) is 8.47. The second-order valence-electron chi connectivity index (χ2n) is 4.70. The van der Waals surface area contributed by atoms with Crippen molar-refractivity contribution in [3.05, 3.63) is 29.8 Å². The fourth-order valence-electron chi connectivity index (χ4n) is 1.68. The van der Waals surface area contributed by atoms with Crippen LogP contribution in [-0.4, -0.2) is 18.1 Å². The van der Waals surface area contributed by atoms with Crippen LogP contribution >= 0.6 is 0 Å². The van der Waals surface area contributed by atoms with E-state index in [4.69, 9.17) is 16.2 Å². The summed E-state index contributed by atoms with van der Waals surface area (Å²) in [5, 5.41) is 0. The molecule has 0 heterocycles. The maximum absolute atomic E-state index is 11.0.